The third-order valence-electron chi connectivity index (χ3n) is 0.625. The van der Waals surface area contributed by atoms with E-state index in [-0.39, 0.29) is 0 Å². The first-order valence-corrected chi connectivity index (χ1v) is 2.81. The fourth-order valence-electron chi connectivity index (χ4n) is 0.375. The largest absolute Gasteiger partial charge is 0.123 e. The van der Waals surface area contributed by atoms with E-state index in [1.165, 1.54) is 18.1 Å². The third kappa shape index (κ3) is 4.17. The summed E-state index contributed by atoms with van der Waals surface area (Å²) in [5, 5.41) is 1.34. The van der Waals surface area contributed by atoms with Crippen LogP contribution >= 0.6 is 8.86 Å². The van der Waals surface area contributed by atoms with Crippen molar-refractivity contribution in [3.8, 4) is 0 Å². The lowest BCUT2D eigenvalue weighted by Crippen LogP contribution is -1.79. The van der Waals surface area contributed by atoms with Gasteiger partial charge in [0.1, 0.15) is 0 Å². The Morgan fingerprint density at radius 2 is 2.17 bits per heavy atom. The Kier molecular flexibility index (Phi) is 3.46. The van der Waals surface area contributed by atoms with E-state index in [0.29, 0.717) is 0 Å². The van der Waals surface area contributed by atoms with Gasteiger partial charge in [-0.3, -0.25) is 0 Å². The smallest absolute Gasteiger partial charge is 0.0285 e. The first kappa shape index (κ1) is 6.17. The minimum absolute atomic E-state index is 1.21. The van der Waals surface area contributed by atoms with Crippen molar-refractivity contribution < 1.29 is 0 Å². The van der Waals surface area contributed by atoms with Gasteiger partial charge in [0, 0.05) is 0 Å². The Balaban J connectivity index is 2.83. The summed E-state index contributed by atoms with van der Waals surface area (Å²) in [5.74, 6) is 0. The first-order chi connectivity index (χ1) is 2.77. The molecular formula is C5H11P. The van der Waals surface area contributed by atoms with Crippen LogP contribution in [-0.2, 0) is 0 Å². The molecule has 0 spiro atoms. The van der Waals surface area contributed by atoms with Crippen LogP contribution in [0.3, 0.4) is 0 Å². The Morgan fingerprint density at radius 1 is 1.67 bits per heavy atom. The normalized spacial score (nSPS) is 8.33. The minimum atomic E-state index is 1.21. The van der Waals surface area contributed by atoms with Crippen LogP contribution in [0.15, 0.2) is 0 Å². The second-order valence-electron chi connectivity index (χ2n) is 1.53. The summed E-state index contributed by atoms with van der Waals surface area (Å²) >= 11 is 0. The van der Waals surface area contributed by atoms with Crippen molar-refractivity contribution >= 4 is 14.2 Å². The van der Waals surface area contributed by atoms with Crippen molar-refractivity contribution in [2.24, 2.45) is 0 Å². The molecule has 36 valence electrons. The van der Waals surface area contributed by atoms with Gasteiger partial charge in [-0.25, -0.2) is 0 Å². The van der Waals surface area contributed by atoms with Crippen molar-refractivity contribution in [1.29, 1.82) is 0 Å². The highest BCUT2D eigenvalue weighted by molar-refractivity contribution is 7.20. The van der Waals surface area contributed by atoms with Crippen molar-refractivity contribution in [2.45, 2.75) is 26.7 Å². The summed E-state index contributed by atoms with van der Waals surface area (Å²) in [6.07, 6.45) is 2.45. The van der Waals surface area contributed by atoms with Gasteiger partial charge in [0.2, 0.25) is 0 Å². The predicted octanol–water partition coefficient (Wildman–Crippen LogP) is 2.12. The Morgan fingerprint density at radius 3 is 2.17 bits per heavy atom. The van der Waals surface area contributed by atoms with Crippen LogP contribution in [0.1, 0.15) is 26.7 Å². The van der Waals surface area contributed by atoms with Crippen LogP contribution in [0.4, 0.5) is 0 Å². The van der Waals surface area contributed by atoms with Gasteiger partial charge in [-0.1, -0.05) is 18.6 Å². The molecule has 0 bridgehead atoms. The Hall–Kier alpha value is 0.170. The lowest BCUT2D eigenvalue weighted by atomic mass is 10.3. The molecule has 0 heterocycles. The fourth-order valence-corrected chi connectivity index (χ4v) is 0.625. The van der Waals surface area contributed by atoms with Gasteiger partial charge in [0.15, 0.2) is 0 Å². The van der Waals surface area contributed by atoms with Crippen molar-refractivity contribution in [1.82, 2.24) is 0 Å². The molecule has 0 aromatic carbocycles. The van der Waals surface area contributed by atoms with E-state index in [9.17, 15) is 0 Å². The van der Waals surface area contributed by atoms with E-state index in [1.807, 2.05) is 0 Å². The molecule has 0 aliphatic carbocycles. The maximum atomic E-state index is 3.39. The maximum absolute atomic E-state index is 3.39. The van der Waals surface area contributed by atoms with E-state index in [4.69, 9.17) is 0 Å². The Bertz CT molecular complexity index is 47.9. The zero-order valence-corrected chi connectivity index (χ0v) is 5.41. The van der Waals surface area contributed by atoms with Gasteiger partial charge in [-0.2, -0.15) is 0 Å². The molecule has 0 rings (SSSR count). The summed E-state index contributed by atoms with van der Waals surface area (Å²) in [4.78, 5) is 0. The molecule has 0 nitrogen and oxygen atoms in total. The topological polar surface area (TPSA) is 0 Å². The molecule has 0 atom stereocenters. The second-order valence-corrected chi connectivity index (χ2v) is 2.38. The molecule has 0 saturated heterocycles. The summed E-state index contributed by atoms with van der Waals surface area (Å²) in [5.41, 5.74) is 0. The van der Waals surface area contributed by atoms with Crippen LogP contribution in [0.2, 0.25) is 0 Å². The van der Waals surface area contributed by atoms with Crippen molar-refractivity contribution in [2.75, 3.05) is 0 Å². The molecule has 0 saturated carbocycles. The molecule has 0 N–H and O–H groups in total. The molecule has 0 radical (unpaired) electrons. The summed E-state index contributed by atoms with van der Waals surface area (Å²) < 4.78 is 0. The average Bonchev–Trinajstić information content (AvgIpc) is 1.35. The zero-order valence-electron chi connectivity index (χ0n) is 4.41. The lowest BCUT2D eigenvalue weighted by Gasteiger charge is -1.86. The van der Waals surface area contributed by atoms with E-state index in [1.54, 1.807) is 0 Å². The standard InChI is InChI=1S/C5H11P/c1-3-4-5(2)6/h6H,3-4H2,1-2H3. The molecule has 0 aliphatic heterocycles. The second kappa shape index (κ2) is 3.36. The van der Waals surface area contributed by atoms with Gasteiger partial charge < -0.3 is 0 Å². The molecule has 0 unspecified atom stereocenters. The molecule has 6 heavy (non-hydrogen) atoms. The molecule has 0 aromatic heterocycles. The number of hydrogen-bond acceptors (Lipinski definition) is 0. The van der Waals surface area contributed by atoms with Gasteiger partial charge in [-0.05, 0) is 13.3 Å². The molecule has 1 heteroatoms. The van der Waals surface area contributed by atoms with Crippen molar-refractivity contribution in [3.05, 3.63) is 0 Å². The van der Waals surface area contributed by atoms with E-state index < -0.39 is 0 Å². The fraction of sp³-hybridized carbons (Fsp3) is 0.800. The number of rotatable bonds is 2. The van der Waals surface area contributed by atoms with Crippen LogP contribution < -0.4 is 0 Å². The highest BCUT2D eigenvalue weighted by Crippen LogP contribution is 1.90. The summed E-state index contributed by atoms with van der Waals surface area (Å²) in [6.45, 7) is 4.25. The van der Waals surface area contributed by atoms with Gasteiger partial charge >= 0.3 is 0 Å². The van der Waals surface area contributed by atoms with E-state index >= 15 is 0 Å². The SMILES string of the molecule is CCCC(C)=P. The lowest BCUT2D eigenvalue weighted by molar-refractivity contribution is 1.00. The molecule has 0 aliphatic rings. The Labute approximate surface area is 41.8 Å². The van der Waals surface area contributed by atoms with Crippen LogP contribution in [-0.4, -0.2) is 5.29 Å². The molecule has 0 fully saturated rings. The molecule has 0 amide bonds. The van der Waals surface area contributed by atoms with Gasteiger partial charge in [-0.15, -0.1) is 8.86 Å². The van der Waals surface area contributed by atoms with Crippen molar-refractivity contribution in [3.63, 3.8) is 0 Å². The quantitative estimate of drug-likeness (QED) is 0.468. The van der Waals surface area contributed by atoms with Gasteiger partial charge in [0.05, 0.1) is 0 Å². The van der Waals surface area contributed by atoms with Gasteiger partial charge in [0.25, 0.3) is 0 Å². The first-order valence-electron chi connectivity index (χ1n) is 2.31. The molecular weight excluding hydrogens is 91.0 g/mol. The van der Waals surface area contributed by atoms with Crippen LogP contribution in [0.5, 0.6) is 0 Å². The minimum Gasteiger partial charge on any atom is -0.123 e. The average molecular weight is 102 g/mol. The zero-order chi connectivity index (χ0) is 4.99. The third-order valence-corrected chi connectivity index (χ3v) is 0.875. The summed E-state index contributed by atoms with van der Waals surface area (Å²) in [7, 11) is 3.39. The van der Waals surface area contributed by atoms with E-state index in [0.717, 1.165) is 0 Å². The predicted molar refractivity (Wildman–Crippen MR) is 33.9 cm³/mol. The van der Waals surface area contributed by atoms with E-state index in [2.05, 4.69) is 22.7 Å². The molecule has 0 aromatic rings. The maximum Gasteiger partial charge on any atom is -0.0285 e. The monoisotopic (exact) mass is 102 g/mol. The van der Waals surface area contributed by atoms with Crippen LogP contribution in [0.25, 0.3) is 0 Å². The summed E-state index contributed by atoms with van der Waals surface area (Å²) in [6, 6.07) is 0. The number of hydrogen-bond donors (Lipinski definition) is 0. The van der Waals surface area contributed by atoms with Crippen LogP contribution in [0, 0.1) is 0 Å². The highest BCUT2D eigenvalue weighted by atomic mass is 31.0. The highest BCUT2D eigenvalue weighted by Gasteiger charge is 1.77.